The highest BCUT2D eigenvalue weighted by molar-refractivity contribution is 9.10. The fraction of sp³-hybridized carbons (Fsp3) is 0.133. The smallest absolute Gasteiger partial charge is 0.254 e. The number of rotatable bonds is 2. The van der Waals surface area contributed by atoms with Crippen molar-refractivity contribution in [1.29, 1.82) is 0 Å². The van der Waals surface area contributed by atoms with Gasteiger partial charge in [-0.25, -0.2) is 0 Å². The Kier molecular flexibility index (Phi) is 2.92. The number of halogens is 1. The first kappa shape index (κ1) is 11.5. The Morgan fingerprint density at radius 2 is 1.89 bits per heavy atom. The Morgan fingerprint density at radius 1 is 1.11 bits per heavy atom. The maximum Gasteiger partial charge on any atom is 0.254 e. The third-order valence-corrected chi connectivity index (χ3v) is 3.62. The van der Waals surface area contributed by atoms with Crippen molar-refractivity contribution >= 4 is 21.8 Å². The van der Waals surface area contributed by atoms with Gasteiger partial charge in [0.25, 0.3) is 5.91 Å². The summed E-state index contributed by atoms with van der Waals surface area (Å²) in [5.41, 5.74) is 1.95. The number of nitrogens with zero attached hydrogens (tertiary/aromatic N) is 1. The fourth-order valence-corrected chi connectivity index (χ4v) is 2.51. The van der Waals surface area contributed by atoms with Gasteiger partial charge in [0.05, 0.1) is 6.04 Å². The Morgan fingerprint density at radius 3 is 2.61 bits per heavy atom. The van der Waals surface area contributed by atoms with E-state index in [0.717, 1.165) is 16.6 Å². The van der Waals surface area contributed by atoms with Gasteiger partial charge in [-0.05, 0) is 23.8 Å². The van der Waals surface area contributed by atoms with Gasteiger partial charge in [-0.3, -0.25) is 4.79 Å². The molecule has 1 fully saturated rings. The zero-order valence-electron chi connectivity index (χ0n) is 9.71. The average molecular weight is 302 g/mol. The predicted molar refractivity (Wildman–Crippen MR) is 74.4 cm³/mol. The summed E-state index contributed by atoms with van der Waals surface area (Å²) >= 11 is 3.39. The van der Waals surface area contributed by atoms with Gasteiger partial charge in [0.15, 0.2) is 0 Å². The highest BCUT2D eigenvalue weighted by Crippen LogP contribution is 2.36. The van der Waals surface area contributed by atoms with Gasteiger partial charge in [0.2, 0.25) is 0 Å². The molecule has 1 heterocycles. The topological polar surface area (TPSA) is 20.1 Å². The van der Waals surface area contributed by atoms with Crippen LogP contribution in [0.25, 0.3) is 0 Å². The van der Waals surface area contributed by atoms with Gasteiger partial charge >= 0.3 is 0 Å². The highest BCUT2D eigenvalue weighted by Gasteiger charge is 2.39. The molecule has 0 bridgehead atoms. The molecule has 1 atom stereocenters. The molecule has 1 saturated heterocycles. The van der Waals surface area contributed by atoms with E-state index >= 15 is 0 Å². The van der Waals surface area contributed by atoms with Crippen LogP contribution in [0.2, 0.25) is 0 Å². The minimum absolute atomic E-state index is 0.102. The summed E-state index contributed by atoms with van der Waals surface area (Å²) in [5.74, 6) is 0.102. The molecule has 2 nitrogen and oxygen atoms in total. The lowest BCUT2D eigenvalue weighted by molar-refractivity contribution is 0.0874. The van der Waals surface area contributed by atoms with Crippen LogP contribution in [0, 0.1) is 0 Å². The highest BCUT2D eigenvalue weighted by atomic mass is 79.9. The van der Waals surface area contributed by atoms with Crippen LogP contribution in [0.4, 0.5) is 0 Å². The van der Waals surface area contributed by atoms with Crippen LogP contribution >= 0.6 is 15.9 Å². The molecular weight excluding hydrogens is 290 g/mol. The zero-order chi connectivity index (χ0) is 12.5. The molecular formula is C15H12BrNO. The van der Waals surface area contributed by atoms with Gasteiger partial charge in [-0.15, -0.1) is 0 Å². The Balaban J connectivity index is 1.77. The van der Waals surface area contributed by atoms with Crippen molar-refractivity contribution in [2.75, 3.05) is 6.54 Å². The third-order valence-electron chi connectivity index (χ3n) is 3.13. The van der Waals surface area contributed by atoms with Crippen LogP contribution < -0.4 is 0 Å². The first-order chi connectivity index (χ1) is 8.75. The molecule has 1 unspecified atom stereocenters. The lowest BCUT2D eigenvalue weighted by atomic mass is 10.1. The van der Waals surface area contributed by atoms with Crippen LogP contribution in [-0.4, -0.2) is 17.4 Å². The third kappa shape index (κ3) is 2.18. The summed E-state index contributed by atoms with van der Waals surface area (Å²) in [6.07, 6.45) is 0. The molecule has 1 aliphatic rings. The second-order valence-electron chi connectivity index (χ2n) is 4.39. The van der Waals surface area contributed by atoms with Crippen molar-refractivity contribution in [1.82, 2.24) is 4.90 Å². The van der Waals surface area contributed by atoms with Gasteiger partial charge < -0.3 is 4.90 Å². The van der Waals surface area contributed by atoms with E-state index in [-0.39, 0.29) is 11.9 Å². The summed E-state index contributed by atoms with van der Waals surface area (Å²) in [5, 5.41) is 0. The average Bonchev–Trinajstić information content (AvgIpc) is 3.19. The summed E-state index contributed by atoms with van der Waals surface area (Å²) in [4.78, 5) is 14.1. The number of carbonyl (C=O) groups is 1. The van der Waals surface area contributed by atoms with Crippen molar-refractivity contribution in [3.63, 3.8) is 0 Å². The molecule has 0 aliphatic carbocycles. The number of benzene rings is 2. The number of amides is 1. The second kappa shape index (κ2) is 4.58. The molecule has 2 aromatic rings. The van der Waals surface area contributed by atoms with Gasteiger partial charge in [0, 0.05) is 16.6 Å². The second-order valence-corrected chi connectivity index (χ2v) is 5.31. The Labute approximate surface area is 114 Å². The van der Waals surface area contributed by atoms with Crippen molar-refractivity contribution < 1.29 is 4.79 Å². The van der Waals surface area contributed by atoms with Gasteiger partial charge in [0.1, 0.15) is 0 Å². The molecule has 2 aromatic carbocycles. The standard InChI is InChI=1S/C15H12BrNO/c16-13-8-4-7-12(9-13)15(18)17-10-14(17)11-5-2-1-3-6-11/h1-9,14H,10H2. The van der Waals surface area contributed by atoms with E-state index < -0.39 is 0 Å². The molecule has 3 heteroatoms. The van der Waals surface area contributed by atoms with E-state index in [1.165, 1.54) is 5.56 Å². The maximum atomic E-state index is 12.2. The van der Waals surface area contributed by atoms with Crippen molar-refractivity contribution in [2.45, 2.75) is 6.04 Å². The molecule has 0 N–H and O–H groups in total. The van der Waals surface area contributed by atoms with Gasteiger partial charge in [-0.1, -0.05) is 52.3 Å². The first-order valence-electron chi connectivity index (χ1n) is 5.87. The molecule has 0 aromatic heterocycles. The lowest BCUT2D eigenvalue weighted by Crippen LogP contribution is -2.11. The Hall–Kier alpha value is -1.61. The minimum Gasteiger partial charge on any atom is -0.327 e. The van der Waals surface area contributed by atoms with Crippen molar-refractivity contribution in [3.8, 4) is 0 Å². The van der Waals surface area contributed by atoms with Crippen molar-refractivity contribution in [3.05, 3.63) is 70.2 Å². The minimum atomic E-state index is 0.102. The zero-order valence-corrected chi connectivity index (χ0v) is 11.3. The summed E-state index contributed by atoms with van der Waals surface area (Å²) < 4.78 is 0.937. The van der Waals surface area contributed by atoms with Crippen LogP contribution in [0.5, 0.6) is 0 Å². The molecule has 0 saturated carbocycles. The largest absolute Gasteiger partial charge is 0.327 e. The van der Waals surface area contributed by atoms with E-state index in [1.807, 2.05) is 47.4 Å². The van der Waals surface area contributed by atoms with Crippen LogP contribution in [0.3, 0.4) is 0 Å². The SMILES string of the molecule is O=C(c1cccc(Br)c1)N1CC1c1ccccc1. The number of carbonyl (C=O) groups excluding carboxylic acids is 1. The lowest BCUT2D eigenvalue weighted by Gasteiger charge is -2.05. The maximum absolute atomic E-state index is 12.2. The van der Waals surface area contributed by atoms with E-state index in [4.69, 9.17) is 0 Å². The molecule has 0 spiro atoms. The predicted octanol–water partition coefficient (Wildman–Crippen LogP) is 3.65. The molecule has 18 heavy (non-hydrogen) atoms. The van der Waals surface area contributed by atoms with E-state index in [9.17, 15) is 4.79 Å². The van der Waals surface area contributed by atoms with Crippen LogP contribution in [-0.2, 0) is 0 Å². The summed E-state index contributed by atoms with van der Waals surface area (Å²) in [7, 11) is 0. The Bertz CT molecular complexity index is 582. The van der Waals surface area contributed by atoms with Crippen LogP contribution in [0.15, 0.2) is 59.1 Å². The number of hydrogen-bond acceptors (Lipinski definition) is 1. The molecule has 0 radical (unpaired) electrons. The molecule has 1 aliphatic heterocycles. The quantitative estimate of drug-likeness (QED) is 0.775. The summed E-state index contributed by atoms with van der Waals surface area (Å²) in [6.45, 7) is 0.815. The van der Waals surface area contributed by atoms with Gasteiger partial charge in [-0.2, -0.15) is 0 Å². The number of hydrogen-bond donors (Lipinski definition) is 0. The van der Waals surface area contributed by atoms with E-state index in [1.54, 1.807) is 0 Å². The van der Waals surface area contributed by atoms with E-state index in [0.29, 0.717) is 0 Å². The first-order valence-corrected chi connectivity index (χ1v) is 6.66. The monoisotopic (exact) mass is 301 g/mol. The van der Waals surface area contributed by atoms with E-state index in [2.05, 4.69) is 28.1 Å². The summed E-state index contributed by atoms with van der Waals surface area (Å²) in [6, 6.07) is 17.9. The van der Waals surface area contributed by atoms with Crippen LogP contribution in [0.1, 0.15) is 22.0 Å². The molecule has 1 amide bonds. The fourth-order valence-electron chi connectivity index (χ4n) is 2.11. The molecule has 3 rings (SSSR count). The van der Waals surface area contributed by atoms with Crippen molar-refractivity contribution in [2.24, 2.45) is 0 Å². The molecule has 90 valence electrons. The normalized spacial score (nSPS) is 17.6.